The van der Waals surface area contributed by atoms with Crippen molar-refractivity contribution in [2.75, 3.05) is 25.3 Å². The third kappa shape index (κ3) is 4.38. The maximum Gasteiger partial charge on any atom is 0.175 e. The molecule has 0 atom stereocenters. The number of nitrogens with two attached hydrogens (primary N) is 1. The molecule has 56 valence electrons. The molecule has 0 rings (SSSR count). The zero-order valence-corrected chi connectivity index (χ0v) is 6.15. The second kappa shape index (κ2) is 3.81. The molecule has 0 aliphatic rings. The largest absolute Gasteiger partial charge is 0.369 e. The quantitative estimate of drug-likeness (QED) is 0.560. The van der Waals surface area contributed by atoms with E-state index in [-0.39, 0.29) is 18.2 Å². The monoisotopic (exact) mass is 153 g/mol. The first-order chi connectivity index (χ1) is 4.12. The Labute approximate surface area is 54.9 Å². The lowest BCUT2D eigenvalue weighted by Gasteiger charge is -1.97. The van der Waals surface area contributed by atoms with Crippen molar-refractivity contribution in [1.29, 1.82) is 0 Å². The maximum atomic E-state index is 10.6. The molecule has 0 saturated carbocycles. The van der Waals surface area contributed by atoms with Crippen molar-refractivity contribution in [1.82, 2.24) is 0 Å². The van der Waals surface area contributed by atoms with Gasteiger partial charge in [-0.1, -0.05) is 0 Å². The van der Waals surface area contributed by atoms with Crippen LogP contribution in [0.3, 0.4) is 0 Å². The molecule has 0 saturated heterocycles. The van der Waals surface area contributed by atoms with E-state index < -0.39 is 9.84 Å². The van der Waals surface area contributed by atoms with Gasteiger partial charge in [0.25, 0.3) is 0 Å². The topological polar surface area (TPSA) is 69.4 Å². The molecular formula is C4H11NO3S. The molecule has 9 heavy (non-hydrogen) atoms. The van der Waals surface area contributed by atoms with Crippen LogP contribution in [0.4, 0.5) is 0 Å². The summed E-state index contributed by atoms with van der Waals surface area (Å²) in [6.45, 7) is 0.158. The van der Waals surface area contributed by atoms with Crippen molar-refractivity contribution in [3.8, 4) is 0 Å². The average Bonchev–Trinajstić information content (AvgIpc) is 1.64. The molecule has 0 aromatic rings. The highest BCUT2D eigenvalue weighted by molar-refractivity contribution is 7.91. The standard InChI is InChI=1S/C4H11NO3S/c1-8-4-9(6,7)3-2-5/h2-5H2,1H3. The van der Waals surface area contributed by atoms with Crippen LogP contribution in [0.25, 0.3) is 0 Å². The summed E-state index contributed by atoms with van der Waals surface area (Å²) in [5.41, 5.74) is 5.01. The molecule has 2 N–H and O–H groups in total. The second-order valence-corrected chi connectivity index (χ2v) is 3.77. The normalized spacial score (nSPS) is 11.8. The minimum absolute atomic E-state index is 0.000833. The Bertz CT molecular complexity index is 139. The number of rotatable bonds is 4. The molecule has 0 heterocycles. The van der Waals surface area contributed by atoms with Crippen molar-refractivity contribution in [2.24, 2.45) is 5.73 Å². The van der Waals surface area contributed by atoms with E-state index >= 15 is 0 Å². The van der Waals surface area contributed by atoms with Gasteiger partial charge in [-0.05, 0) is 0 Å². The molecule has 0 aromatic carbocycles. The van der Waals surface area contributed by atoms with E-state index in [0.717, 1.165) is 0 Å². The van der Waals surface area contributed by atoms with Gasteiger partial charge in [0.1, 0.15) is 5.94 Å². The zero-order valence-electron chi connectivity index (χ0n) is 5.33. The van der Waals surface area contributed by atoms with E-state index in [1.54, 1.807) is 0 Å². The van der Waals surface area contributed by atoms with E-state index in [9.17, 15) is 8.42 Å². The Morgan fingerprint density at radius 2 is 2.11 bits per heavy atom. The predicted molar refractivity (Wildman–Crippen MR) is 34.7 cm³/mol. The Morgan fingerprint density at radius 1 is 1.56 bits per heavy atom. The summed E-state index contributed by atoms with van der Waals surface area (Å²) in [4.78, 5) is 0. The third-order valence-corrected chi connectivity index (χ3v) is 2.18. The fourth-order valence-electron chi connectivity index (χ4n) is 0.418. The van der Waals surface area contributed by atoms with Crippen molar-refractivity contribution < 1.29 is 13.2 Å². The van der Waals surface area contributed by atoms with E-state index in [1.807, 2.05) is 0 Å². The van der Waals surface area contributed by atoms with Crippen molar-refractivity contribution in [3.05, 3.63) is 0 Å². The number of sulfone groups is 1. The third-order valence-electron chi connectivity index (χ3n) is 0.726. The summed E-state index contributed by atoms with van der Waals surface area (Å²) in [5, 5.41) is 0. The van der Waals surface area contributed by atoms with Crippen molar-refractivity contribution in [3.63, 3.8) is 0 Å². The first-order valence-electron chi connectivity index (χ1n) is 2.52. The first kappa shape index (κ1) is 8.87. The Kier molecular flexibility index (Phi) is 3.76. The second-order valence-electron chi connectivity index (χ2n) is 1.64. The minimum atomic E-state index is -3.03. The highest BCUT2D eigenvalue weighted by Gasteiger charge is 2.06. The van der Waals surface area contributed by atoms with Gasteiger partial charge in [-0.15, -0.1) is 0 Å². The number of hydrogen-bond acceptors (Lipinski definition) is 4. The van der Waals surface area contributed by atoms with Gasteiger partial charge in [-0.3, -0.25) is 0 Å². The fraction of sp³-hybridized carbons (Fsp3) is 1.00. The van der Waals surface area contributed by atoms with Crippen LogP contribution in [0.5, 0.6) is 0 Å². The zero-order chi connectivity index (χ0) is 7.33. The fourth-order valence-corrected chi connectivity index (χ4v) is 1.25. The molecule has 0 spiro atoms. The van der Waals surface area contributed by atoms with Crippen molar-refractivity contribution >= 4 is 9.84 Å². The van der Waals surface area contributed by atoms with Crippen LogP contribution in [-0.4, -0.2) is 33.8 Å². The van der Waals surface area contributed by atoms with Crippen LogP contribution in [0, 0.1) is 0 Å². The molecular weight excluding hydrogens is 142 g/mol. The van der Waals surface area contributed by atoms with Crippen LogP contribution in [0.15, 0.2) is 0 Å². The molecule has 0 bridgehead atoms. The van der Waals surface area contributed by atoms with E-state index in [0.29, 0.717) is 0 Å². The van der Waals surface area contributed by atoms with Gasteiger partial charge in [-0.2, -0.15) is 0 Å². The van der Waals surface area contributed by atoms with Gasteiger partial charge in [-0.25, -0.2) is 8.42 Å². The molecule has 0 aromatic heterocycles. The van der Waals surface area contributed by atoms with Gasteiger partial charge in [0.2, 0.25) is 0 Å². The Hall–Kier alpha value is -0.130. The highest BCUT2D eigenvalue weighted by atomic mass is 32.2. The number of methoxy groups -OCH3 is 1. The van der Waals surface area contributed by atoms with Crippen LogP contribution in [-0.2, 0) is 14.6 Å². The van der Waals surface area contributed by atoms with Gasteiger partial charge in [0.05, 0.1) is 5.75 Å². The van der Waals surface area contributed by atoms with E-state index in [2.05, 4.69) is 4.74 Å². The summed E-state index contributed by atoms with van der Waals surface area (Å²) in [7, 11) is -1.69. The van der Waals surface area contributed by atoms with Gasteiger partial charge in [0.15, 0.2) is 9.84 Å². The predicted octanol–water partition coefficient (Wildman–Crippen LogP) is -1.04. The SMILES string of the molecule is COCS(=O)(=O)CCN. The van der Waals surface area contributed by atoms with Crippen LogP contribution < -0.4 is 5.73 Å². The van der Waals surface area contributed by atoms with E-state index in [1.165, 1.54) is 7.11 Å². The molecule has 0 fully saturated rings. The molecule has 0 aliphatic carbocycles. The molecule has 0 amide bonds. The maximum absolute atomic E-state index is 10.6. The lowest BCUT2D eigenvalue weighted by Crippen LogP contribution is -2.19. The lowest BCUT2D eigenvalue weighted by molar-refractivity contribution is 0.250. The van der Waals surface area contributed by atoms with Gasteiger partial charge < -0.3 is 10.5 Å². The summed E-state index contributed by atoms with van der Waals surface area (Å²) >= 11 is 0. The van der Waals surface area contributed by atoms with Gasteiger partial charge >= 0.3 is 0 Å². The summed E-state index contributed by atoms with van der Waals surface area (Å²) in [6.07, 6.45) is 0. The molecule has 0 radical (unpaired) electrons. The molecule has 5 heteroatoms. The van der Waals surface area contributed by atoms with E-state index in [4.69, 9.17) is 5.73 Å². The van der Waals surface area contributed by atoms with Gasteiger partial charge in [0, 0.05) is 13.7 Å². The van der Waals surface area contributed by atoms with Crippen LogP contribution in [0.1, 0.15) is 0 Å². The summed E-state index contributed by atoms with van der Waals surface area (Å²) < 4.78 is 25.7. The smallest absolute Gasteiger partial charge is 0.175 e. The van der Waals surface area contributed by atoms with Crippen LogP contribution in [0.2, 0.25) is 0 Å². The van der Waals surface area contributed by atoms with Crippen LogP contribution >= 0.6 is 0 Å². The molecule has 0 unspecified atom stereocenters. The Morgan fingerprint density at radius 3 is 2.44 bits per heavy atom. The minimum Gasteiger partial charge on any atom is -0.369 e. The number of ether oxygens (including phenoxy) is 1. The van der Waals surface area contributed by atoms with Crippen molar-refractivity contribution in [2.45, 2.75) is 0 Å². The Balaban J connectivity index is 3.73. The first-order valence-corrected chi connectivity index (χ1v) is 4.34. The molecule has 4 nitrogen and oxygen atoms in total. The lowest BCUT2D eigenvalue weighted by atomic mass is 10.8. The summed E-state index contributed by atoms with van der Waals surface area (Å²) in [6, 6.07) is 0. The average molecular weight is 153 g/mol. The number of hydrogen-bond donors (Lipinski definition) is 1. The molecule has 0 aliphatic heterocycles. The summed E-state index contributed by atoms with van der Waals surface area (Å²) in [5.74, 6) is -0.231. The highest BCUT2D eigenvalue weighted by Crippen LogP contribution is 1.86.